The number of nitrogens with zero attached hydrogens (tertiary/aromatic N) is 1. The van der Waals surface area contributed by atoms with E-state index in [0.717, 1.165) is 0 Å². The van der Waals surface area contributed by atoms with Gasteiger partial charge in [-0.1, -0.05) is 23.2 Å². The lowest BCUT2D eigenvalue weighted by molar-refractivity contribution is -0.156. The summed E-state index contributed by atoms with van der Waals surface area (Å²) >= 11 is 11.8. The first kappa shape index (κ1) is 20.4. The molecule has 0 atom stereocenters. The lowest BCUT2D eigenvalue weighted by Crippen LogP contribution is -2.04. The average molecular weight is 436 g/mol. The number of fused-ring (bicyclic) bond motifs is 1. The molecule has 3 aromatic rings. The molecule has 5 nitrogen and oxygen atoms in total. The van der Waals surface area contributed by atoms with E-state index >= 15 is 0 Å². The van der Waals surface area contributed by atoms with E-state index in [0.29, 0.717) is 37.6 Å². The molecule has 0 unspecified atom stereocenters. The van der Waals surface area contributed by atoms with E-state index in [1.165, 1.54) is 30.3 Å². The largest absolute Gasteiger partial charge is 0.506 e. The molecule has 1 N–H and O–H groups in total. The topological polar surface area (TPSA) is 64.7 Å². The molecule has 2 aromatic carbocycles. The number of aromatic hydroxyl groups is 1. The van der Waals surface area contributed by atoms with Crippen LogP contribution >= 0.6 is 23.2 Å². The smallest absolute Gasteiger partial charge is 0.468 e. The third-order valence-corrected chi connectivity index (χ3v) is 4.55. The van der Waals surface area contributed by atoms with Crippen LogP contribution in [0.25, 0.3) is 11.1 Å². The number of phenols is 1. The Kier molecular flexibility index (Phi) is 6.10. The summed E-state index contributed by atoms with van der Waals surface area (Å²) in [6.07, 6.45) is -3.37. The van der Waals surface area contributed by atoms with E-state index in [1.807, 2.05) is 0 Å². The fraction of sp³-hybridized carbons (Fsp3) is 0.278. The number of hydrogen-bond donors (Lipinski definition) is 1. The van der Waals surface area contributed by atoms with Crippen LogP contribution in [0.15, 0.2) is 34.7 Å². The fourth-order valence-corrected chi connectivity index (χ4v) is 2.70. The van der Waals surface area contributed by atoms with Gasteiger partial charge in [0, 0.05) is 6.07 Å². The highest BCUT2D eigenvalue weighted by molar-refractivity contribution is 6.43. The highest BCUT2D eigenvalue weighted by Gasteiger charge is 2.37. The molecule has 0 spiro atoms. The summed E-state index contributed by atoms with van der Waals surface area (Å²) in [5.74, 6) is -0.670. The van der Waals surface area contributed by atoms with Gasteiger partial charge in [0.2, 0.25) is 0 Å². The Bertz CT molecular complexity index is 975. The molecule has 0 fully saturated rings. The van der Waals surface area contributed by atoms with Crippen molar-refractivity contribution in [2.45, 2.75) is 19.0 Å². The molecule has 0 bridgehead atoms. The van der Waals surface area contributed by atoms with E-state index in [9.17, 15) is 18.3 Å². The van der Waals surface area contributed by atoms with Crippen LogP contribution in [0.2, 0.25) is 10.0 Å². The lowest BCUT2D eigenvalue weighted by atomic mass is 10.3. The second kappa shape index (κ2) is 8.36. The number of rotatable bonds is 7. The van der Waals surface area contributed by atoms with Crippen molar-refractivity contribution < 1.29 is 32.2 Å². The summed E-state index contributed by atoms with van der Waals surface area (Å²) < 4.78 is 53.6. The molecule has 0 aliphatic heterocycles. The SMILES string of the molecule is Oc1ccc(OCCCCOc2ccc3nc(C(F)(F)F)oc3c2)c(Cl)c1Cl. The van der Waals surface area contributed by atoms with E-state index in [1.54, 1.807) is 0 Å². The van der Waals surface area contributed by atoms with Gasteiger partial charge in [0.15, 0.2) is 5.58 Å². The van der Waals surface area contributed by atoms with Gasteiger partial charge in [0.25, 0.3) is 0 Å². The number of halogens is 5. The molecule has 0 aliphatic rings. The Morgan fingerprint density at radius 3 is 2.43 bits per heavy atom. The van der Waals surface area contributed by atoms with Gasteiger partial charge in [-0.15, -0.1) is 0 Å². The highest BCUT2D eigenvalue weighted by Crippen LogP contribution is 2.38. The molecule has 1 heterocycles. The average Bonchev–Trinajstić information content (AvgIpc) is 3.08. The predicted octanol–water partition coefficient (Wildman–Crippen LogP) is 6.10. The fourth-order valence-electron chi connectivity index (χ4n) is 2.33. The van der Waals surface area contributed by atoms with Gasteiger partial charge in [0.05, 0.1) is 13.2 Å². The van der Waals surface area contributed by atoms with Crippen LogP contribution in [0, 0.1) is 0 Å². The number of alkyl halides is 3. The van der Waals surface area contributed by atoms with Crippen LogP contribution in [0.5, 0.6) is 17.2 Å². The van der Waals surface area contributed by atoms with Crippen LogP contribution in [0.1, 0.15) is 18.7 Å². The molecule has 0 saturated heterocycles. The summed E-state index contributed by atoms with van der Waals surface area (Å²) in [6, 6.07) is 7.20. The quantitative estimate of drug-likeness (QED) is 0.454. The molecule has 10 heteroatoms. The van der Waals surface area contributed by atoms with E-state index < -0.39 is 12.1 Å². The molecule has 1 aromatic heterocycles. The standard InChI is InChI=1S/C18H14Cl2F3NO4/c19-15-12(25)5-6-13(16(15)20)27-8-2-1-7-26-10-3-4-11-14(9-10)28-17(24-11)18(21,22)23/h3-6,9,25H,1-2,7-8H2. The van der Waals surface area contributed by atoms with Crippen molar-refractivity contribution in [3.8, 4) is 17.2 Å². The van der Waals surface area contributed by atoms with Crippen molar-refractivity contribution in [2.24, 2.45) is 0 Å². The molecule has 0 saturated carbocycles. The maximum atomic E-state index is 12.6. The number of ether oxygens (including phenoxy) is 2. The Hall–Kier alpha value is -2.32. The lowest BCUT2D eigenvalue weighted by Gasteiger charge is -2.10. The normalized spacial score (nSPS) is 11.8. The zero-order chi connectivity index (χ0) is 20.3. The third kappa shape index (κ3) is 4.74. The van der Waals surface area contributed by atoms with Crippen molar-refractivity contribution in [2.75, 3.05) is 13.2 Å². The predicted molar refractivity (Wildman–Crippen MR) is 97.4 cm³/mol. The summed E-state index contributed by atoms with van der Waals surface area (Å²) in [6.45, 7) is 0.680. The summed E-state index contributed by atoms with van der Waals surface area (Å²) in [5, 5.41) is 9.59. The molecule has 0 radical (unpaired) electrons. The minimum Gasteiger partial charge on any atom is -0.506 e. The zero-order valence-electron chi connectivity index (χ0n) is 14.2. The molecule has 150 valence electrons. The number of hydrogen-bond acceptors (Lipinski definition) is 5. The van der Waals surface area contributed by atoms with Crippen LogP contribution in [0.3, 0.4) is 0 Å². The minimum absolute atomic E-state index is 0.00649. The number of benzene rings is 2. The van der Waals surface area contributed by atoms with Gasteiger partial charge in [-0.3, -0.25) is 0 Å². The van der Waals surface area contributed by atoms with Crippen LogP contribution in [0.4, 0.5) is 13.2 Å². The maximum absolute atomic E-state index is 12.6. The number of aromatic nitrogens is 1. The first-order valence-electron chi connectivity index (χ1n) is 8.16. The van der Waals surface area contributed by atoms with Crippen molar-refractivity contribution >= 4 is 34.3 Å². The molecular formula is C18H14Cl2F3NO4. The van der Waals surface area contributed by atoms with Gasteiger partial charge in [-0.25, -0.2) is 4.98 Å². The van der Waals surface area contributed by atoms with Crippen LogP contribution in [-0.2, 0) is 6.18 Å². The van der Waals surface area contributed by atoms with E-state index in [-0.39, 0.29) is 26.9 Å². The van der Waals surface area contributed by atoms with Crippen molar-refractivity contribution in [1.29, 1.82) is 0 Å². The van der Waals surface area contributed by atoms with Gasteiger partial charge >= 0.3 is 12.1 Å². The Labute approximate surface area is 167 Å². The molecular weight excluding hydrogens is 422 g/mol. The molecule has 0 aliphatic carbocycles. The number of phenolic OH excluding ortho intramolecular Hbond substituents is 1. The minimum atomic E-state index is -4.63. The van der Waals surface area contributed by atoms with Crippen molar-refractivity contribution in [1.82, 2.24) is 4.98 Å². The Balaban J connectivity index is 1.46. The van der Waals surface area contributed by atoms with E-state index in [4.69, 9.17) is 37.1 Å². The van der Waals surface area contributed by atoms with Crippen LogP contribution in [-0.4, -0.2) is 23.3 Å². The summed E-state index contributed by atoms with van der Waals surface area (Å²) in [5.41, 5.74) is 0.115. The van der Waals surface area contributed by atoms with Gasteiger partial charge in [0.1, 0.15) is 32.8 Å². The summed E-state index contributed by atoms with van der Waals surface area (Å²) in [7, 11) is 0. The molecule has 28 heavy (non-hydrogen) atoms. The number of oxazole rings is 1. The number of unbranched alkanes of at least 4 members (excludes halogenated alkanes) is 1. The molecule has 0 amide bonds. The first-order chi connectivity index (χ1) is 13.3. The first-order valence-corrected chi connectivity index (χ1v) is 8.91. The van der Waals surface area contributed by atoms with Crippen molar-refractivity contribution in [3.63, 3.8) is 0 Å². The van der Waals surface area contributed by atoms with Crippen LogP contribution < -0.4 is 9.47 Å². The maximum Gasteiger partial charge on any atom is 0.468 e. The monoisotopic (exact) mass is 435 g/mol. The molecule has 3 rings (SSSR count). The highest BCUT2D eigenvalue weighted by atomic mass is 35.5. The Morgan fingerprint density at radius 2 is 1.71 bits per heavy atom. The second-order valence-electron chi connectivity index (χ2n) is 5.76. The van der Waals surface area contributed by atoms with Gasteiger partial charge in [-0.2, -0.15) is 13.2 Å². The van der Waals surface area contributed by atoms with Crippen molar-refractivity contribution in [3.05, 3.63) is 46.3 Å². The third-order valence-electron chi connectivity index (χ3n) is 3.69. The zero-order valence-corrected chi connectivity index (χ0v) is 15.7. The second-order valence-corrected chi connectivity index (χ2v) is 6.52. The van der Waals surface area contributed by atoms with E-state index in [2.05, 4.69) is 4.98 Å². The van der Waals surface area contributed by atoms with Gasteiger partial charge in [-0.05, 0) is 37.1 Å². The Morgan fingerprint density at radius 1 is 1.00 bits per heavy atom. The summed E-state index contributed by atoms with van der Waals surface area (Å²) in [4.78, 5) is 3.39. The van der Waals surface area contributed by atoms with Gasteiger partial charge < -0.3 is 19.0 Å².